The highest BCUT2D eigenvalue weighted by Gasteiger charge is 2.21. The number of carbonyl (C=O) groups excluding carboxylic acids is 1. The van der Waals surface area contributed by atoms with Gasteiger partial charge in [0.25, 0.3) is 5.69 Å². The summed E-state index contributed by atoms with van der Waals surface area (Å²) in [4.78, 5) is 23.4. The summed E-state index contributed by atoms with van der Waals surface area (Å²) in [6, 6.07) is 15.1. The zero-order valence-corrected chi connectivity index (χ0v) is 19.9. The van der Waals surface area contributed by atoms with Gasteiger partial charge in [-0.05, 0) is 55.0 Å². The third-order valence-corrected chi connectivity index (χ3v) is 5.43. The summed E-state index contributed by atoms with van der Waals surface area (Å²) in [5.41, 5.74) is 2.37. The van der Waals surface area contributed by atoms with Gasteiger partial charge in [-0.2, -0.15) is 0 Å². The van der Waals surface area contributed by atoms with Crippen molar-refractivity contribution in [2.45, 2.75) is 20.1 Å². The van der Waals surface area contributed by atoms with E-state index in [1.165, 1.54) is 18.2 Å². The third-order valence-electron chi connectivity index (χ3n) is 5.43. The van der Waals surface area contributed by atoms with Crippen LogP contribution in [-0.4, -0.2) is 31.2 Å². The van der Waals surface area contributed by atoms with Crippen LogP contribution in [0.4, 0.5) is 5.69 Å². The molecule has 3 aromatic rings. The molecule has 36 heavy (non-hydrogen) atoms. The van der Waals surface area contributed by atoms with E-state index in [9.17, 15) is 14.9 Å². The molecule has 0 saturated carbocycles. The molecule has 0 radical (unpaired) electrons. The Morgan fingerprint density at radius 2 is 1.89 bits per heavy atom. The minimum Gasteiger partial charge on any atom is -0.497 e. The highest BCUT2D eigenvalue weighted by atomic mass is 16.7. The maximum atomic E-state index is 12.5. The van der Waals surface area contributed by atoms with Gasteiger partial charge in [0, 0.05) is 28.8 Å². The van der Waals surface area contributed by atoms with Gasteiger partial charge < -0.3 is 23.7 Å². The standard InChI is InChI=1S/C27H25NO8/c1-3-34-26-12-18(4-10-24(29)19-6-8-23(32-2)9-7-19)5-11-25(26)35-16-21-14-22(28(30)31)13-20-15-33-17-36-27(20)21/h4-14H,3,15-17H2,1-2H3/b10-4+. The number of ketones is 1. The summed E-state index contributed by atoms with van der Waals surface area (Å²) in [6.45, 7) is 2.59. The van der Waals surface area contributed by atoms with Crippen molar-refractivity contribution < 1.29 is 33.4 Å². The minimum atomic E-state index is -0.460. The van der Waals surface area contributed by atoms with E-state index in [1.807, 2.05) is 6.92 Å². The van der Waals surface area contributed by atoms with Crippen LogP contribution in [0.1, 0.15) is 34.0 Å². The second-order valence-corrected chi connectivity index (χ2v) is 7.81. The molecule has 9 heteroatoms. The highest BCUT2D eigenvalue weighted by molar-refractivity contribution is 6.06. The van der Waals surface area contributed by atoms with Crippen LogP contribution in [0.2, 0.25) is 0 Å². The molecule has 0 atom stereocenters. The fourth-order valence-electron chi connectivity index (χ4n) is 3.69. The molecule has 4 rings (SSSR count). The first-order valence-electron chi connectivity index (χ1n) is 11.2. The fraction of sp³-hybridized carbons (Fsp3) is 0.222. The summed E-state index contributed by atoms with van der Waals surface area (Å²) in [7, 11) is 1.57. The van der Waals surface area contributed by atoms with Crippen molar-refractivity contribution in [2.24, 2.45) is 0 Å². The van der Waals surface area contributed by atoms with E-state index in [-0.39, 0.29) is 31.5 Å². The number of methoxy groups -OCH3 is 1. The van der Waals surface area contributed by atoms with Crippen LogP contribution in [0.25, 0.3) is 6.08 Å². The number of hydrogen-bond acceptors (Lipinski definition) is 8. The van der Waals surface area contributed by atoms with Crippen LogP contribution in [0, 0.1) is 10.1 Å². The number of non-ortho nitro benzene ring substituents is 1. The molecule has 0 aromatic heterocycles. The molecule has 0 spiro atoms. The van der Waals surface area contributed by atoms with Gasteiger partial charge in [-0.1, -0.05) is 12.1 Å². The van der Waals surface area contributed by atoms with Crippen molar-refractivity contribution in [1.82, 2.24) is 0 Å². The summed E-state index contributed by atoms with van der Waals surface area (Å²) >= 11 is 0. The van der Waals surface area contributed by atoms with Crippen LogP contribution in [0.5, 0.6) is 23.0 Å². The largest absolute Gasteiger partial charge is 0.497 e. The Bertz CT molecular complexity index is 1280. The molecule has 0 unspecified atom stereocenters. The van der Waals surface area contributed by atoms with Gasteiger partial charge in [0.05, 0.1) is 25.2 Å². The topological polar surface area (TPSA) is 106 Å². The van der Waals surface area contributed by atoms with Gasteiger partial charge in [-0.15, -0.1) is 0 Å². The van der Waals surface area contributed by atoms with Crippen molar-refractivity contribution in [3.63, 3.8) is 0 Å². The number of rotatable bonds is 10. The molecule has 0 N–H and O–H groups in total. The lowest BCUT2D eigenvalue weighted by molar-refractivity contribution is -0.385. The van der Waals surface area contributed by atoms with Gasteiger partial charge in [-0.3, -0.25) is 14.9 Å². The first-order valence-corrected chi connectivity index (χ1v) is 11.2. The van der Waals surface area contributed by atoms with E-state index in [1.54, 1.807) is 55.7 Å². The van der Waals surface area contributed by atoms with Crippen molar-refractivity contribution >= 4 is 17.5 Å². The van der Waals surface area contributed by atoms with E-state index in [2.05, 4.69) is 0 Å². The maximum absolute atomic E-state index is 12.5. The number of nitro groups is 1. The molecule has 0 saturated heterocycles. The minimum absolute atomic E-state index is 0.0369. The lowest BCUT2D eigenvalue weighted by Crippen LogP contribution is -2.14. The van der Waals surface area contributed by atoms with Crippen LogP contribution in [-0.2, 0) is 18.0 Å². The fourth-order valence-corrected chi connectivity index (χ4v) is 3.69. The van der Waals surface area contributed by atoms with Crippen LogP contribution < -0.4 is 18.9 Å². The smallest absolute Gasteiger partial charge is 0.270 e. The van der Waals surface area contributed by atoms with E-state index in [0.717, 1.165) is 5.56 Å². The third kappa shape index (κ3) is 5.81. The number of nitrogens with zero attached hydrogens (tertiary/aromatic N) is 1. The van der Waals surface area contributed by atoms with E-state index < -0.39 is 4.92 Å². The SMILES string of the molecule is CCOc1cc(/C=C/C(=O)c2ccc(OC)cc2)ccc1OCc1cc([N+](=O)[O-])cc2c1OCOC2. The zero-order valence-electron chi connectivity index (χ0n) is 19.9. The Morgan fingerprint density at radius 1 is 1.08 bits per heavy atom. The molecule has 0 fully saturated rings. The molecular formula is C27H25NO8. The number of carbonyl (C=O) groups is 1. The van der Waals surface area contributed by atoms with E-state index in [4.69, 9.17) is 23.7 Å². The number of ether oxygens (including phenoxy) is 5. The van der Waals surface area contributed by atoms with Gasteiger partial charge in [0.15, 0.2) is 24.1 Å². The lowest BCUT2D eigenvalue weighted by atomic mass is 10.1. The van der Waals surface area contributed by atoms with Crippen LogP contribution in [0.15, 0.2) is 60.7 Å². The van der Waals surface area contributed by atoms with E-state index in [0.29, 0.717) is 46.3 Å². The van der Waals surface area contributed by atoms with Gasteiger partial charge >= 0.3 is 0 Å². The second-order valence-electron chi connectivity index (χ2n) is 7.81. The van der Waals surface area contributed by atoms with Gasteiger partial charge in [0.2, 0.25) is 0 Å². The van der Waals surface area contributed by atoms with Crippen LogP contribution in [0.3, 0.4) is 0 Å². The monoisotopic (exact) mass is 491 g/mol. The molecule has 1 aliphatic rings. The van der Waals surface area contributed by atoms with Crippen molar-refractivity contribution in [1.29, 1.82) is 0 Å². The highest BCUT2D eigenvalue weighted by Crippen LogP contribution is 2.35. The normalized spacial score (nSPS) is 12.5. The van der Waals surface area contributed by atoms with Crippen molar-refractivity contribution in [2.75, 3.05) is 20.5 Å². The number of allylic oxidation sites excluding steroid dienone is 1. The van der Waals surface area contributed by atoms with Crippen LogP contribution >= 0.6 is 0 Å². The van der Waals surface area contributed by atoms with Gasteiger partial charge in [0.1, 0.15) is 18.1 Å². The lowest BCUT2D eigenvalue weighted by Gasteiger charge is -2.21. The van der Waals surface area contributed by atoms with E-state index >= 15 is 0 Å². The quantitative estimate of drug-likeness (QED) is 0.162. The Balaban J connectivity index is 1.51. The molecule has 3 aromatic carbocycles. The molecule has 0 amide bonds. The second kappa shape index (κ2) is 11.4. The first-order chi connectivity index (χ1) is 17.5. The van der Waals surface area contributed by atoms with Crippen molar-refractivity contribution in [3.05, 3.63) is 93.0 Å². The Hall–Kier alpha value is -4.37. The zero-order chi connectivity index (χ0) is 25.5. The maximum Gasteiger partial charge on any atom is 0.270 e. The number of hydrogen-bond donors (Lipinski definition) is 0. The number of nitro benzene ring substituents is 1. The van der Waals surface area contributed by atoms with Crippen molar-refractivity contribution in [3.8, 4) is 23.0 Å². The summed E-state index contributed by atoms with van der Waals surface area (Å²) in [5.74, 6) is 2.01. The summed E-state index contributed by atoms with van der Waals surface area (Å²) in [5, 5.41) is 11.3. The molecule has 0 aliphatic carbocycles. The Kier molecular flexibility index (Phi) is 7.82. The number of fused-ring (bicyclic) bond motifs is 1. The molecule has 1 heterocycles. The predicted octanol–water partition coefficient (Wildman–Crippen LogP) is 5.34. The average molecular weight is 491 g/mol. The molecule has 1 aliphatic heterocycles. The molecule has 9 nitrogen and oxygen atoms in total. The average Bonchev–Trinajstić information content (AvgIpc) is 2.91. The molecular weight excluding hydrogens is 466 g/mol. The van der Waals surface area contributed by atoms with Gasteiger partial charge in [-0.25, -0.2) is 0 Å². The molecule has 0 bridgehead atoms. The number of benzene rings is 3. The molecule has 186 valence electrons. The predicted molar refractivity (Wildman–Crippen MR) is 132 cm³/mol. The Labute approximate surface area is 208 Å². The Morgan fingerprint density at radius 3 is 2.61 bits per heavy atom. The summed E-state index contributed by atoms with van der Waals surface area (Å²) < 4.78 is 27.7. The summed E-state index contributed by atoms with van der Waals surface area (Å²) in [6.07, 6.45) is 3.19. The first kappa shape index (κ1) is 24.7.